The first kappa shape index (κ1) is 17.6. The highest BCUT2D eigenvalue weighted by atomic mass is 35.5. The van der Waals surface area contributed by atoms with Gasteiger partial charge < -0.3 is 20.5 Å². The van der Waals surface area contributed by atoms with Gasteiger partial charge in [0.25, 0.3) is 0 Å². The van der Waals surface area contributed by atoms with E-state index in [1.807, 2.05) is 18.2 Å². The fourth-order valence-electron chi connectivity index (χ4n) is 2.32. The Labute approximate surface area is 131 Å². The number of nitrogens with two attached hydrogens (primary N) is 1. The van der Waals surface area contributed by atoms with Crippen LogP contribution in [0, 0.1) is 5.92 Å². The fourth-order valence-corrected chi connectivity index (χ4v) is 2.32. The lowest BCUT2D eigenvalue weighted by Crippen LogP contribution is -2.42. The molecule has 1 aromatic rings. The summed E-state index contributed by atoms with van der Waals surface area (Å²) in [4.78, 5) is 12.1. The molecule has 1 aliphatic rings. The van der Waals surface area contributed by atoms with E-state index in [9.17, 15) is 4.79 Å². The number of hydrogen-bond acceptors (Lipinski definition) is 4. The van der Waals surface area contributed by atoms with Crippen LogP contribution in [0.2, 0.25) is 0 Å². The Kier molecular flexibility index (Phi) is 6.78. The van der Waals surface area contributed by atoms with Crippen LogP contribution in [0.25, 0.3) is 0 Å². The first-order valence-corrected chi connectivity index (χ1v) is 6.88. The van der Waals surface area contributed by atoms with E-state index in [2.05, 4.69) is 5.32 Å². The highest BCUT2D eigenvalue weighted by Gasteiger charge is 2.31. The van der Waals surface area contributed by atoms with Crippen molar-refractivity contribution in [1.29, 1.82) is 0 Å². The number of amides is 1. The molecule has 3 N–H and O–H groups in total. The zero-order valence-corrected chi connectivity index (χ0v) is 13.2. The maximum absolute atomic E-state index is 12.1. The zero-order valence-electron chi connectivity index (χ0n) is 12.4. The number of hydrogen-bond donors (Lipinski definition) is 2. The van der Waals surface area contributed by atoms with Crippen LogP contribution in [-0.2, 0) is 11.2 Å². The molecular weight excluding hydrogens is 292 g/mol. The van der Waals surface area contributed by atoms with Crippen LogP contribution in [0.1, 0.15) is 18.4 Å². The molecule has 1 aromatic carbocycles. The molecule has 1 unspecified atom stereocenters. The maximum Gasteiger partial charge on any atom is 0.224 e. The molecule has 0 bridgehead atoms. The highest BCUT2D eigenvalue weighted by Crippen LogP contribution is 2.32. The summed E-state index contributed by atoms with van der Waals surface area (Å²) in [6, 6.07) is 5.54. The minimum absolute atomic E-state index is 0. The molecule has 0 saturated heterocycles. The lowest BCUT2D eigenvalue weighted by atomic mass is 10.1. The van der Waals surface area contributed by atoms with Crippen molar-refractivity contribution in [1.82, 2.24) is 5.32 Å². The summed E-state index contributed by atoms with van der Waals surface area (Å²) < 4.78 is 10.5. The van der Waals surface area contributed by atoms with E-state index in [1.54, 1.807) is 14.2 Å². The van der Waals surface area contributed by atoms with Crippen molar-refractivity contribution < 1.29 is 14.3 Å². The van der Waals surface area contributed by atoms with Crippen LogP contribution in [0.5, 0.6) is 11.5 Å². The second-order valence-corrected chi connectivity index (χ2v) is 5.10. The molecule has 1 saturated carbocycles. The van der Waals surface area contributed by atoms with Crippen molar-refractivity contribution in [2.75, 3.05) is 20.8 Å². The molecule has 21 heavy (non-hydrogen) atoms. The molecule has 0 radical (unpaired) electrons. The minimum Gasteiger partial charge on any atom is -0.497 e. The van der Waals surface area contributed by atoms with Crippen LogP contribution in [0.4, 0.5) is 0 Å². The topological polar surface area (TPSA) is 73.6 Å². The first-order chi connectivity index (χ1) is 9.67. The molecule has 2 rings (SSSR count). The summed E-state index contributed by atoms with van der Waals surface area (Å²) in [5.41, 5.74) is 6.51. The van der Waals surface area contributed by atoms with Gasteiger partial charge in [-0.2, -0.15) is 0 Å². The Morgan fingerprint density at radius 1 is 1.38 bits per heavy atom. The highest BCUT2D eigenvalue weighted by molar-refractivity contribution is 5.85. The van der Waals surface area contributed by atoms with Crippen molar-refractivity contribution in [3.8, 4) is 11.5 Å². The Bertz CT molecular complexity index is 478. The lowest BCUT2D eigenvalue weighted by molar-refractivity contribution is -0.121. The van der Waals surface area contributed by atoms with Crippen molar-refractivity contribution in [3.05, 3.63) is 23.8 Å². The average Bonchev–Trinajstić information content (AvgIpc) is 3.29. The van der Waals surface area contributed by atoms with Gasteiger partial charge >= 0.3 is 0 Å². The third-order valence-corrected chi connectivity index (χ3v) is 3.63. The number of carbonyl (C=O) groups is 1. The van der Waals surface area contributed by atoms with Crippen LogP contribution in [-0.4, -0.2) is 32.7 Å². The van der Waals surface area contributed by atoms with Gasteiger partial charge in [0.2, 0.25) is 5.91 Å². The van der Waals surface area contributed by atoms with E-state index >= 15 is 0 Å². The van der Waals surface area contributed by atoms with Crippen LogP contribution in [0.15, 0.2) is 18.2 Å². The van der Waals surface area contributed by atoms with Crippen molar-refractivity contribution >= 4 is 18.3 Å². The molecule has 118 valence electrons. The smallest absolute Gasteiger partial charge is 0.224 e. The predicted molar refractivity (Wildman–Crippen MR) is 84.2 cm³/mol. The van der Waals surface area contributed by atoms with Gasteiger partial charge in [-0.25, -0.2) is 0 Å². The number of ether oxygens (including phenoxy) is 2. The summed E-state index contributed by atoms with van der Waals surface area (Å²) in [6.07, 6.45) is 2.58. The Morgan fingerprint density at radius 2 is 2.10 bits per heavy atom. The monoisotopic (exact) mass is 314 g/mol. The third kappa shape index (κ3) is 4.79. The SMILES string of the molecule is COc1ccc(OC)c(CC(=O)NC(CN)C2CC2)c1.Cl. The summed E-state index contributed by atoms with van der Waals surface area (Å²) in [5, 5.41) is 3.01. The lowest BCUT2D eigenvalue weighted by Gasteiger charge is -2.17. The van der Waals surface area contributed by atoms with Crippen LogP contribution in [0.3, 0.4) is 0 Å². The second kappa shape index (κ2) is 8.10. The second-order valence-electron chi connectivity index (χ2n) is 5.10. The largest absolute Gasteiger partial charge is 0.497 e. The van der Waals surface area contributed by atoms with Gasteiger partial charge in [-0.15, -0.1) is 12.4 Å². The van der Waals surface area contributed by atoms with Crippen LogP contribution < -0.4 is 20.5 Å². The van der Waals surface area contributed by atoms with E-state index in [1.165, 1.54) is 0 Å². The van der Waals surface area contributed by atoms with Crippen molar-refractivity contribution in [2.45, 2.75) is 25.3 Å². The third-order valence-electron chi connectivity index (χ3n) is 3.63. The number of carbonyl (C=O) groups excluding carboxylic acids is 1. The van der Waals surface area contributed by atoms with E-state index in [0.717, 1.165) is 18.4 Å². The Balaban J connectivity index is 0.00000220. The van der Waals surface area contributed by atoms with E-state index in [-0.39, 0.29) is 30.8 Å². The van der Waals surface area contributed by atoms with Crippen molar-refractivity contribution in [2.24, 2.45) is 11.7 Å². The summed E-state index contributed by atoms with van der Waals surface area (Å²) in [7, 11) is 3.19. The molecule has 5 nitrogen and oxygen atoms in total. The van der Waals surface area contributed by atoms with Gasteiger partial charge in [-0.1, -0.05) is 0 Å². The standard InChI is InChI=1S/C15H22N2O3.ClH/c1-19-12-5-6-14(20-2)11(7-12)8-15(18)17-13(9-16)10-3-4-10;/h5-7,10,13H,3-4,8-9,16H2,1-2H3,(H,17,18);1H. The van der Waals surface area contributed by atoms with Gasteiger partial charge in [-0.3, -0.25) is 4.79 Å². The molecule has 0 aliphatic heterocycles. The maximum atomic E-state index is 12.1. The fraction of sp³-hybridized carbons (Fsp3) is 0.533. The van der Waals surface area contributed by atoms with Gasteiger partial charge in [0.15, 0.2) is 0 Å². The number of halogens is 1. The summed E-state index contributed by atoms with van der Waals surface area (Å²) in [5.74, 6) is 1.93. The van der Waals surface area contributed by atoms with Gasteiger partial charge in [0.1, 0.15) is 11.5 Å². The number of rotatable bonds is 7. The van der Waals surface area contributed by atoms with Gasteiger partial charge in [0.05, 0.1) is 20.6 Å². The summed E-state index contributed by atoms with van der Waals surface area (Å²) >= 11 is 0. The average molecular weight is 315 g/mol. The van der Waals surface area contributed by atoms with E-state index in [0.29, 0.717) is 24.0 Å². The van der Waals surface area contributed by atoms with E-state index < -0.39 is 0 Å². The van der Waals surface area contributed by atoms with E-state index in [4.69, 9.17) is 15.2 Å². The van der Waals surface area contributed by atoms with Crippen LogP contribution >= 0.6 is 12.4 Å². The molecule has 1 fully saturated rings. The number of methoxy groups -OCH3 is 2. The van der Waals surface area contributed by atoms with Gasteiger partial charge in [0, 0.05) is 18.2 Å². The number of nitrogens with one attached hydrogen (secondary N) is 1. The predicted octanol–water partition coefficient (Wildman–Crippen LogP) is 1.52. The molecule has 1 atom stereocenters. The molecular formula is C15H23ClN2O3. The molecule has 0 spiro atoms. The van der Waals surface area contributed by atoms with Gasteiger partial charge in [-0.05, 0) is 37.0 Å². The molecule has 1 aliphatic carbocycles. The normalized spacial score (nSPS) is 14.8. The summed E-state index contributed by atoms with van der Waals surface area (Å²) in [6.45, 7) is 0.492. The molecule has 1 amide bonds. The Morgan fingerprint density at radius 3 is 2.62 bits per heavy atom. The first-order valence-electron chi connectivity index (χ1n) is 6.88. The quantitative estimate of drug-likeness (QED) is 0.800. The van der Waals surface area contributed by atoms with Crippen molar-refractivity contribution in [3.63, 3.8) is 0 Å². The number of benzene rings is 1. The molecule has 0 heterocycles. The Hall–Kier alpha value is -1.46. The minimum atomic E-state index is -0.0288. The zero-order chi connectivity index (χ0) is 14.5. The molecule has 0 aromatic heterocycles. The molecule has 6 heteroatoms.